The molecule has 0 heterocycles. The molecule has 94 valence electrons. The lowest BCUT2D eigenvalue weighted by atomic mass is 10.1. The van der Waals surface area contributed by atoms with Gasteiger partial charge in [0, 0.05) is 0 Å². The highest BCUT2D eigenvalue weighted by atomic mass is 19.1. The van der Waals surface area contributed by atoms with Crippen LogP contribution in [0.5, 0.6) is 0 Å². The van der Waals surface area contributed by atoms with Crippen molar-refractivity contribution in [1.82, 2.24) is 5.32 Å². The summed E-state index contributed by atoms with van der Waals surface area (Å²) in [6.45, 7) is 1.47. The number of benzene rings is 1. The second kappa shape index (κ2) is 5.63. The summed E-state index contributed by atoms with van der Waals surface area (Å²) in [4.78, 5) is 21.9. The van der Waals surface area contributed by atoms with Crippen molar-refractivity contribution in [2.75, 3.05) is 5.32 Å². The standard InChI is InChI=1S/C11H11FN4O2/c1-6(10(17)16-11(14)18)15-9-3-2-8(12)4-7(9)5-13/h2-4,6,15H,1H3,(H3,14,16,17,18). The number of hydrogen-bond donors (Lipinski definition) is 3. The van der Waals surface area contributed by atoms with Crippen molar-refractivity contribution in [3.63, 3.8) is 0 Å². The van der Waals surface area contributed by atoms with Gasteiger partial charge < -0.3 is 11.1 Å². The fraction of sp³-hybridized carbons (Fsp3) is 0.182. The summed E-state index contributed by atoms with van der Waals surface area (Å²) in [5.74, 6) is -1.19. The lowest BCUT2D eigenvalue weighted by molar-refractivity contribution is -0.120. The number of urea groups is 1. The molecule has 0 aliphatic heterocycles. The van der Waals surface area contributed by atoms with Crippen LogP contribution in [0.25, 0.3) is 0 Å². The molecule has 0 saturated heterocycles. The van der Waals surface area contributed by atoms with Crippen molar-refractivity contribution >= 4 is 17.6 Å². The van der Waals surface area contributed by atoms with Gasteiger partial charge in [-0.3, -0.25) is 10.1 Å². The third kappa shape index (κ3) is 3.45. The number of anilines is 1. The molecule has 1 rings (SSSR count). The number of primary amides is 1. The van der Waals surface area contributed by atoms with Gasteiger partial charge in [0.15, 0.2) is 0 Å². The van der Waals surface area contributed by atoms with Crippen LogP contribution < -0.4 is 16.4 Å². The maximum Gasteiger partial charge on any atom is 0.318 e. The molecular formula is C11H11FN4O2. The Balaban J connectivity index is 2.82. The second-order valence-corrected chi connectivity index (χ2v) is 3.52. The normalized spacial score (nSPS) is 11.2. The van der Waals surface area contributed by atoms with Gasteiger partial charge in [-0.1, -0.05) is 0 Å². The van der Waals surface area contributed by atoms with Crippen LogP contribution >= 0.6 is 0 Å². The van der Waals surface area contributed by atoms with Gasteiger partial charge in [0.05, 0.1) is 11.3 Å². The Bertz CT molecular complexity index is 524. The largest absolute Gasteiger partial charge is 0.373 e. The van der Waals surface area contributed by atoms with Crippen molar-refractivity contribution in [3.8, 4) is 6.07 Å². The van der Waals surface area contributed by atoms with E-state index in [1.54, 1.807) is 6.07 Å². The Morgan fingerprint density at radius 1 is 1.50 bits per heavy atom. The van der Waals surface area contributed by atoms with Crippen molar-refractivity contribution in [2.45, 2.75) is 13.0 Å². The van der Waals surface area contributed by atoms with Gasteiger partial charge in [-0.15, -0.1) is 0 Å². The fourth-order valence-corrected chi connectivity index (χ4v) is 1.26. The van der Waals surface area contributed by atoms with E-state index in [1.165, 1.54) is 13.0 Å². The van der Waals surface area contributed by atoms with Crippen LogP contribution in [0.2, 0.25) is 0 Å². The third-order valence-electron chi connectivity index (χ3n) is 2.11. The molecule has 0 aliphatic rings. The summed E-state index contributed by atoms with van der Waals surface area (Å²) in [7, 11) is 0. The summed E-state index contributed by atoms with van der Waals surface area (Å²) < 4.78 is 12.9. The van der Waals surface area contributed by atoms with E-state index in [0.29, 0.717) is 5.69 Å². The lowest BCUT2D eigenvalue weighted by Gasteiger charge is -2.14. The number of nitrogens with one attached hydrogen (secondary N) is 2. The molecule has 0 spiro atoms. The fourth-order valence-electron chi connectivity index (χ4n) is 1.26. The molecule has 0 aliphatic carbocycles. The van der Waals surface area contributed by atoms with Crippen molar-refractivity contribution in [2.24, 2.45) is 5.73 Å². The predicted octanol–water partition coefficient (Wildman–Crippen LogP) is 0.693. The zero-order valence-electron chi connectivity index (χ0n) is 9.53. The average molecular weight is 250 g/mol. The topological polar surface area (TPSA) is 108 Å². The molecule has 1 atom stereocenters. The number of hydrogen-bond acceptors (Lipinski definition) is 4. The molecule has 6 nitrogen and oxygen atoms in total. The number of halogens is 1. The molecule has 0 fully saturated rings. The van der Waals surface area contributed by atoms with Gasteiger partial charge >= 0.3 is 6.03 Å². The number of imide groups is 1. The maximum absolute atomic E-state index is 12.9. The van der Waals surface area contributed by atoms with E-state index in [2.05, 4.69) is 5.32 Å². The van der Waals surface area contributed by atoms with Gasteiger partial charge in [0.25, 0.3) is 0 Å². The monoisotopic (exact) mass is 250 g/mol. The number of amides is 3. The van der Waals surface area contributed by atoms with Crippen molar-refractivity contribution in [3.05, 3.63) is 29.6 Å². The minimum atomic E-state index is -0.965. The van der Waals surface area contributed by atoms with Crippen LogP contribution in [-0.4, -0.2) is 18.0 Å². The first-order valence-corrected chi connectivity index (χ1v) is 5.00. The maximum atomic E-state index is 12.9. The molecule has 0 radical (unpaired) electrons. The molecule has 4 N–H and O–H groups in total. The predicted molar refractivity (Wildman–Crippen MR) is 61.9 cm³/mol. The first-order valence-electron chi connectivity index (χ1n) is 5.00. The Kier molecular flexibility index (Phi) is 4.21. The molecule has 7 heteroatoms. The van der Waals surface area contributed by atoms with Crippen LogP contribution in [0.3, 0.4) is 0 Å². The third-order valence-corrected chi connectivity index (χ3v) is 2.11. The van der Waals surface area contributed by atoms with Crippen LogP contribution in [0.1, 0.15) is 12.5 Å². The summed E-state index contributed by atoms with van der Waals surface area (Å²) in [5, 5.41) is 13.4. The summed E-state index contributed by atoms with van der Waals surface area (Å²) in [5.41, 5.74) is 5.16. The van der Waals surface area contributed by atoms with Gasteiger partial charge in [-0.05, 0) is 25.1 Å². The Morgan fingerprint density at radius 3 is 2.72 bits per heavy atom. The van der Waals surface area contributed by atoms with Crippen LogP contribution in [0.4, 0.5) is 14.9 Å². The first-order chi connectivity index (χ1) is 8.43. The van der Waals surface area contributed by atoms with E-state index in [9.17, 15) is 14.0 Å². The number of nitrogens with zero attached hydrogens (tertiary/aromatic N) is 1. The quantitative estimate of drug-likeness (QED) is 0.733. The number of carbonyl (C=O) groups excluding carboxylic acids is 2. The van der Waals surface area contributed by atoms with Gasteiger partial charge in [-0.25, -0.2) is 9.18 Å². The highest BCUT2D eigenvalue weighted by Gasteiger charge is 2.15. The Hall–Kier alpha value is -2.62. The zero-order valence-corrected chi connectivity index (χ0v) is 9.53. The Morgan fingerprint density at radius 2 is 2.17 bits per heavy atom. The smallest absolute Gasteiger partial charge is 0.318 e. The molecule has 0 saturated carbocycles. The van der Waals surface area contributed by atoms with E-state index in [0.717, 1.165) is 12.1 Å². The first kappa shape index (κ1) is 13.4. The molecule has 0 bridgehead atoms. The van der Waals surface area contributed by atoms with Gasteiger partial charge in [0.1, 0.15) is 17.9 Å². The zero-order chi connectivity index (χ0) is 13.7. The molecule has 18 heavy (non-hydrogen) atoms. The van der Waals surface area contributed by atoms with E-state index in [4.69, 9.17) is 11.0 Å². The van der Waals surface area contributed by atoms with E-state index in [1.807, 2.05) is 5.32 Å². The van der Waals surface area contributed by atoms with E-state index in [-0.39, 0.29) is 5.56 Å². The molecule has 1 aromatic carbocycles. The number of nitriles is 1. The molecular weight excluding hydrogens is 239 g/mol. The Labute approximate surface area is 103 Å². The average Bonchev–Trinajstić information content (AvgIpc) is 2.30. The number of rotatable bonds is 3. The van der Waals surface area contributed by atoms with Crippen LogP contribution in [0, 0.1) is 17.1 Å². The van der Waals surface area contributed by atoms with E-state index < -0.39 is 23.8 Å². The SMILES string of the molecule is CC(Nc1ccc(F)cc1C#N)C(=O)NC(N)=O. The number of nitrogens with two attached hydrogens (primary N) is 1. The molecule has 1 aromatic rings. The highest BCUT2D eigenvalue weighted by molar-refractivity contribution is 5.97. The second-order valence-electron chi connectivity index (χ2n) is 3.52. The summed E-state index contributed by atoms with van der Waals surface area (Å²) in [6, 6.07) is 3.57. The lowest BCUT2D eigenvalue weighted by Crippen LogP contribution is -2.43. The minimum Gasteiger partial charge on any atom is -0.373 e. The summed E-state index contributed by atoms with van der Waals surface area (Å²) >= 11 is 0. The number of carbonyl (C=O) groups is 2. The van der Waals surface area contributed by atoms with E-state index >= 15 is 0 Å². The minimum absolute atomic E-state index is 0.0636. The van der Waals surface area contributed by atoms with Gasteiger partial charge in [0.2, 0.25) is 5.91 Å². The molecule has 1 unspecified atom stereocenters. The summed E-state index contributed by atoms with van der Waals surface area (Å²) in [6.07, 6.45) is 0. The van der Waals surface area contributed by atoms with Crippen LogP contribution in [0.15, 0.2) is 18.2 Å². The van der Waals surface area contributed by atoms with Crippen molar-refractivity contribution < 1.29 is 14.0 Å². The molecule has 3 amide bonds. The van der Waals surface area contributed by atoms with Crippen LogP contribution in [-0.2, 0) is 4.79 Å². The highest BCUT2D eigenvalue weighted by Crippen LogP contribution is 2.16. The van der Waals surface area contributed by atoms with Crippen molar-refractivity contribution in [1.29, 1.82) is 5.26 Å². The molecule has 0 aromatic heterocycles. The van der Waals surface area contributed by atoms with Gasteiger partial charge in [-0.2, -0.15) is 5.26 Å².